The highest BCUT2D eigenvalue weighted by Gasteiger charge is 2.18. The van der Waals surface area contributed by atoms with Crippen molar-refractivity contribution in [2.45, 2.75) is 45.1 Å². The monoisotopic (exact) mass is 306 g/mol. The first-order valence-electron chi connectivity index (χ1n) is 8.54. The van der Waals surface area contributed by atoms with Gasteiger partial charge in [-0.15, -0.1) is 0 Å². The lowest BCUT2D eigenvalue weighted by atomic mass is 10.2. The van der Waals surface area contributed by atoms with E-state index in [-0.39, 0.29) is 0 Å². The number of aliphatic imine (C=N–C) groups is 1. The molecule has 1 aliphatic carbocycles. The lowest BCUT2D eigenvalue weighted by Gasteiger charge is -2.23. The molecule has 0 bridgehead atoms. The summed E-state index contributed by atoms with van der Waals surface area (Å²) in [6, 6.07) is 4.69. The Morgan fingerprint density at radius 1 is 1.36 bits per heavy atom. The second-order valence-corrected chi connectivity index (χ2v) is 5.94. The first-order chi connectivity index (χ1) is 10.8. The SMILES string of the molecule is CCNC(=NCCN(C)C1CCCC1)NCCc1ccco1. The molecule has 0 aliphatic heterocycles. The molecule has 5 nitrogen and oxygen atoms in total. The molecule has 1 fully saturated rings. The van der Waals surface area contributed by atoms with Crippen LogP contribution in [-0.4, -0.2) is 50.1 Å². The lowest BCUT2D eigenvalue weighted by molar-refractivity contribution is 0.252. The number of guanidine groups is 1. The maximum absolute atomic E-state index is 5.34. The zero-order valence-corrected chi connectivity index (χ0v) is 14.0. The smallest absolute Gasteiger partial charge is 0.191 e. The van der Waals surface area contributed by atoms with Gasteiger partial charge in [0.1, 0.15) is 5.76 Å². The third-order valence-corrected chi connectivity index (χ3v) is 4.26. The third-order valence-electron chi connectivity index (χ3n) is 4.26. The Morgan fingerprint density at radius 3 is 2.86 bits per heavy atom. The first kappa shape index (κ1) is 16.9. The van der Waals surface area contributed by atoms with Crippen LogP contribution >= 0.6 is 0 Å². The van der Waals surface area contributed by atoms with Gasteiger partial charge in [-0.1, -0.05) is 12.8 Å². The van der Waals surface area contributed by atoms with Gasteiger partial charge in [-0.2, -0.15) is 0 Å². The molecule has 1 aromatic rings. The molecule has 22 heavy (non-hydrogen) atoms. The average molecular weight is 306 g/mol. The van der Waals surface area contributed by atoms with Crippen molar-refractivity contribution < 1.29 is 4.42 Å². The molecular formula is C17H30N4O. The summed E-state index contributed by atoms with van der Waals surface area (Å²) in [6.45, 7) is 5.67. The predicted octanol–water partition coefficient (Wildman–Crippen LogP) is 2.25. The second kappa shape index (κ2) is 9.51. The van der Waals surface area contributed by atoms with Crippen LogP contribution in [0.5, 0.6) is 0 Å². The number of hydrogen-bond donors (Lipinski definition) is 2. The van der Waals surface area contributed by atoms with Crippen molar-refractivity contribution in [3.63, 3.8) is 0 Å². The van der Waals surface area contributed by atoms with Crippen molar-refractivity contribution in [1.82, 2.24) is 15.5 Å². The summed E-state index contributed by atoms with van der Waals surface area (Å²) in [6.07, 6.45) is 8.06. The molecule has 0 amide bonds. The Kier molecular flexibility index (Phi) is 7.30. The predicted molar refractivity (Wildman–Crippen MR) is 91.3 cm³/mol. The molecule has 0 spiro atoms. The summed E-state index contributed by atoms with van der Waals surface area (Å²) in [5.74, 6) is 1.90. The van der Waals surface area contributed by atoms with E-state index in [1.807, 2.05) is 12.1 Å². The van der Waals surface area contributed by atoms with Crippen LogP contribution in [0.1, 0.15) is 38.4 Å². The summed E-state index contributed by atoms with van der Waals surface area (Å²) in [7, 11) is 2.22. The van der Waals surface area contributed by atoms with Gasteiger partial charge in [-0.05, 0) is 38.9 Å². The van der Waals surface area contributed by atoms with Crippen molar-refractivity contribution in [2.24, 2.45) is 4.99 Å². The Morgan fingerprint density at radius 2 is 2.18 bits per heavy atom. The topological polar surface area (TPSA) is 52.8 Å². The zero-order chi connectivity index (χ0) is 15.6. The van der Waals surface area contributed by atoms with E-state index < -0.39 is 0 Å². The van der Waals surface area contributed by atoms with Gasteiger partial charge in [-0.3, -0.25) is 4.99 Å². The molecular weight excluding hydrogens is 276 g/mol. The molecule has 1 aliphatic rings. The normalized spacial score (nSPS) is 16.4. The summed E-state index contributed by atoms with van der Waals surface area (Å²) in [5, 5.41) is 6.66. The van der Waals surface area contributed by atoms with Crippen LogP contribution < -0.4 is 10.6 Å². The third kappa shape index (κ3) is 5.72. The van der Waals surface area contributed by atoms with Gasteiger partial charge in [0.2, 0.25) is 0 Å². The summed E-state index contributed by atoms with van der Waals surface area (Å²) < 4.78 is 5.34. The Balaban J connectivity index is 1.69. The number of nitrogens with one attached hydrogen (secondary N) is 2. The summed E-state index contributed by atoms with van der Waals surface area (Å²) in [5.41, 5.74) is 0. The number of rotatable bonds is 8. The largest absolute Gasteiger partial charge is 0.469 e. The van der Waals surface area contributed by atoms with Crippen LogP contribution in [0.3, 0.4) is 0 Å². The Labute approximate surface area is 134 Å². The fourth-order valence-electron chi connectivity index (χ4n) is 2.95. The number of likely N-dealkylation sites (N-methyl/N-ethyl adjacent to an activating group) is 1. The highest BCUT2D eigenvalue weighted by Crippen LogP contribution is 2.21. The zero-order valence-electron chi connectivity index (χ0n) is 14.0. The molecule has 0 saturated heterocycles. The van der Waals surface area contributed by atoms with Gasteiger partial charge in [0.25, 0.3) is 0 Å². The van der Waals surface area contributed by atoms with E-state index in [0.717, 1.165) is 50.4 Å². The van der Waals surface area contributed by atoms with Crippen LogP contribution in [0.4, 0.5) is 0 Å². The van der Waals surface area contributed by atoms with Gasteiger partial charge < -0.3 is 20.0 Å². The van der Waals surface area contributed by atoms with E-state index in [0.29, 0.717) is 0 Å². The number of nitrogens with zero attached hydrogens (tertiary/aromatic N) is 2. The molecule has 0 atom stereocenters. The fraction of sp³-hybridized carbons (Fsp3) is 0.706. The van der Waals surface area contributed by atoms with Crippen molar-refractivity contribution in [1.29, 1.82) is 0 Å². The highest BCUT2D eigenvalue weighted by molar-refractivity contribution is 5.79. The summed E-state index contributed by atoms with van der Waals surface area (Å²) in [4.78, 5) is 7.13. The van der Waals surface area contributed by atoms with E-state index in [1.165, 1.54) is 25.7 Å². The number of furan rings is 1. The summed E-state index contributed by atoms with van der Waals surface area (Å²) >= 11 is 0. The van der Waals surface area contributed by atoms with Gasteiger partial charge in [0.05, 0.1) is 12.8 Å². The van der Waals surface area contributed by atoms with Crippen molar-refractivity contribution in [2.75, 3.05) is 33.2 Å². The van der Waals surface area contributed by atoms with Crippen molar-refractivity contribution >= 4 is 5.96 Å². The quantitative estimate of drug-likeness (QED) is 0.571. The Hall–Kier alpha value is -1.49. The second-order valence-electron chi connectivity index (χ2n) is 5.94. The van der Waals surface area contributed by atoms with E-state index >= 15 is 0 Å². The van der Waals surface area contributed by atoms with Gasteiger partial charge in [0.15, 0.2) is 5.96 Å². The van der Waals surface area contributed by atoms with Crippen LogP contribution in [-0.2, 0) is 6.42 Å². The number of hydrogen-bond acceptors (Lipinski definition) is 3. The minimum Gasteiger partial charge on any atom is -0.469 e. The fourth-order valence-corrected chi connectivity index (χ4v) is 2.95. The molecule has 0 unspecified atom stereocenters. The van der Waals surface area contributed by atoms with Crippen LogP contribution in [0.15, 0.2) is 27.8 Å². The maximum atomic E-state index is 5.34. The van der Waals surface area contributed by atoms with Gasteiger partial charge in [0, 0.05) is 32.1 Å². The van der Waals surface area contributed by atoms with Crippen molar-refractivity contribution in [3.05, 3.63) is 24.2 Å². The molecule has 1 heterocycles. The molecule has 2 rings (SSSR count). The molecule has 1 aromatic heterocycles. The average Bonchev–Trinajstić information content (AvgIpc) is 3.20. The molecule has 2 N–H and O–H groups in total. The van der Waals surface area contributed by atoms with Crippen LogP contribution in [0.25, 0.3) is 0 Å². The minimum absolute atomic E-state index is 0.768. The van der Waals surface area contributed by atoms with Gasteiger partial charge >= 0.3 is 0 Å². The minimum atomic E-state index is 0.768. The van der Waals surface area contributed by atoms with E-state index in [2.05, 4.69) is 34.5 Å². The van der Waals surface area contributed by atoms with Crippen LogP contribution in [0, 0.1) is 0 Å². The van der Waals surface area contributed by atoms with E-state index in [9.17, 15) is 0 Å². The van der Waals surface area contributed by atoms with E-state index in [4.69, 9.17) is 4.42 Å². The maximum Gasteiger partial charge on any atom is 0.191 e. The molecule has 1 saturated carbocycles. The van der Waals surface area contributed by atoms with Crippen LogP contribution in [0.2, 0.25) is 0 Å². The highest BCUT2D eigenvalue weighted by atomic mass is 16.3. The van der Waals surface area contributed by atoms with Crippen molar-refractivity contribution in [3.8, 4) is 0 Å². The molecule has 0 radical (unpaired) electrons. The molecule has 5 heteroatoms. The molecule has 0 aromatic carbocycles. The standard InChI is InChI=1S/C17H30N4O/c1-3-18-17(19-11-10-16-9-6-14-22-16)20-12-13-21(2)15-7-4-5-8-15/h6,9,14-15H,3-5,7-8,10-13H2,1-2H3,(H2,18,19,20). The first-order valence-corrected chi connectivity index (χ1v) is 8.54. The Bertz CT molecular complexity index is 424. The van der Waals surface area contributed by atoms with Gasteiger partial charge in [-0.25, -0.2) is 0 Å². The lowest BCUT2D eigenvalue weighted by Crippen LogP contribution is -2.39. The van der Waals surface area contributed by atoms with E-state index in [1.54, 1.807) is 6.26 Å². The molecule has 124 valence electrons.